The Morgan fingerprint density at radius 3 is 2.11 bits per heavy atom. The highest BCUT2D eigenvalue weighted by atomic mass is 16.5. The first-order valence-electron chi connectivity index (χ1n) is 6.54. The molecule has 0 fully saturated rings. The predicted octanol–water partition coefficient (Wildman–Crippen LogP) is 4.92. The van der Waals surface area contributed by atoms with Crippen LogP contribution in [0, 0.1) is 20.8 Å². The van der Waals surface area contributed by atoms with Crippen LogP contribution in [0.15, 0.2) is 55.1 Å². The molecule has 2 rings (SSSR count). The van der Waals surface area contributed by atoms with Crippen LogP contribution in [0.1, 0.15) is 28.4 Å². The van der Waals surface area contributed by atoms with Gasteiger partial charge in [-0.3, -0.25) is 0 Å². The van der Waals surface area contributed by atoms with Gasteiger partial charge < -0.3 is 4.74 Å². The standard InChI is InChI=1S/C18H20O/c1-5-17(16-9-7-6-8-10-16)19-18-14(3)11-13(2)12-15(18)4/h5-12,17H,1H2,2-4H3. The minimum absolute atomic E-state index is 0.110. The summed E-state index contributed by atoms with van der Waals surface area (Å²) < 4.78 is 6.15. The van der Waals surface area contributed by atoms with E-state index in [9.17, 15) is 0 Å². The van der Waals surface area contributed by atoms with E-state index in [0.29, 0.717) is 0 Å². The van der Waals surface area contributed by atoms with Crippen molar-refractivity contribution < 1.29 is 4.74 Å². The molecule has 0 aromatic heterocycles. The molecule has 0 aliphatic heterocycles. The zero-order valence-electron chi connectivity index (χ0n) is 11.8. The number of rotatable bonds is 4. The number of aryl methyl sites for hydroxylation is 3. The topological polar surface area (TPSA) is 9.23 Å². The van der Waals surface area contributed by atoms with Crippen LogP contribution in [0.2, 0.25) is 0 Å². The zero-order valence-corrected chi connectivity index (χ0v) is 11.8. The van der Waals surface area contributed by atoms with Crippen molar-refractivity contribution in [3.05, 3.63) is 77.4 Å². The van der Waals surface area contributed by atoms with Crippen molar-refractivity contribution in [3.63, 3.8) is 0 Å². The minimum Gasteiger partial charge on any atom is -0.481 e. The van der Waals surface area contributed by atoms with Crippen molar-refractivity contribution in [1.82, 2.24) is 0 Å². The van der Waals surface area contributed by atoms with E-state index in [1.807, 2.05) is 24.3 Å². The molecule has 2 aromatic rings. The van der Waals surface area contributed by atoms with E-state index in [0.717, 1.165) is 11.3 Å². The summed E-state index contributed by atoms with van der Waals surface area (Å²) in [6.07, 6.45) is 1.73. The van der Waals surface area contributed by atoms with Gasteiger partial charge in [-0.2, -0.15) is 0 Å². The van der Waals surface area contributed by atoms with Gasteiger partial charge in [-0.15, -0.1) is 0 Å². The van der Waals surface area contributed by atoms with Gasteiger partial charge in [-0.25, -0.2) is 0 Å². The van der Waals surface area contributed by atoms with Crippen molar-refractivity contribution >= 4 is 0 Å². The van der Waals surface area contributed by atoms with Gasteiger partial charge in [-0.1, -0.05) is 54.6 Å². The van der Waals surface area contributed by atoms with Crippen molar-refractivity contribution in [2.75, 3.05) is 0 Å². The Hall–Kier alpha value is -2.02. The van der Waals surface area contributed by atoms with Crippen LogP contribution in [0.3, 0.4) is 0 Å². The molecule has 1 nitrogen and oxygen atoms in total. The van der Waals surface area contributed by atoms with E-state index in [4.69, 9.17) is 4.74 Å². The van der Waals surface area contributed by atoms with E-state index >= 15 is 0 Å². The Morgan fingerprint density at radius 2 is 1.58 bits per heavy atom. The monoisotopic (exact) mass is 252 g/mol. The van der Waals surface area contributed by atoms with E-state index in [1.165, 1.54) is 16.7 Å². The molecule has 0 aliphatic carbocycles. The lowest BCUT2D eigenvalue weighted by molar-refractivity contribution is 0.252. The Morgan fingerprint density at radius 1 is 1.00 bits per heavy atom. The molecule has 1 atom stereocenters. The molecule has 0 radical (unpaired) electrons. The largest absolute Gasteiger partial charge is 0.481 e. The molecule has 98 valence electrons. The summed E-state index contributed by atoms with van der Waals surface area (Å²) in [5.74, 6) is 0.958. The van der Waals surface area contributed by atoms with Crippen molar-refractivity contribution in [3.8, 4) is 5.75 Å². The summed E-state index contributed by atoms with van der Waals surface area (Å²) in [5.41, 5.74) is 4.72. The van der Waals surface area contributed by atoms with Gasteiger partial charge in [0.1, 0.15) is 11.9 Å². The molecule has 2 aromatic carbocycles. The van der Waals surface area contributed by atoms with E-state index in [2.05, 4.69) is 51.6 Å². The van der Waals surface area contributed by atoms with Gasteiger partial charge in [-0.05, 0) is 43.5 Å². The van der Waals surface area contributed by atoms with Gasteiger partial charge in [0.25, 0.3) is 0 Å². The fourth-order valence-corrected chi connectivity index (χ4v) is 2.37. The molecule has 0 saturated heterocycles. The molecule has 1 unspecified atom stereocenters. The minimum atomic E-state index is -0.110. The summed E-state index contributed by atoms with van der Waals surface area (Å²) in [6, 6.07) is 14.5. The number of ether oxygens (including phenoxy) is 1. The van der Waals surface area contributed by atoms with E-state index < -0.39 is 0 Å². The Kier molecular flexibility index (Phi) is 4.06. The Labute approximate surface area is 115 Å². The van der Waals surface area contributed by atoms with Gasteiger partial charge in [0.2, 0.25) is 0 Å². The number of hydrogen-bond donors (Lipinski definition) is 0. The summed E-state index contributed by atoms with van der Waals surface area (Å²) in [5, 5.41) is 0. The lowest BCUT2D eigenvalue weighted by atomic mass is 10.1. The van der Waals surface area contributed by atoms with Gasteiger partial charge >= 0.3 is 0 Å². The Balaban J connectivity index is 2.32. The maximum Gasteiger partial charge on any atom is 0.142 e. The SMILES string of the molecule is C=CC(Oc1c(C)cc(C)cc1C)c1ccccc1. The van der Waals surface area contributed by atoms with Gasteiger partial charge in [0.15, 0.2) is 0 Å². The van der Waals surface area contributed by atoms with Gasteiger partial charge in [0, 0.05) is 0 Å². The average molecular weight is 252 g/mol. The van der Waals surface area contributed by atoms with E-state index in [1.54, 1.807) is 0 Å². The molecule has 0 amide bonds. The second-order valence-corrected chi connectivity index (χ2v) is 4.91. The second kappa shape index (κ2) is 5.75. The van der Waals surface area contributed by atoms with Crippen molar-refractivity contribution in [2.24, 2.45) is 0 Å². The third-order valence-electron chi connectivity index (χ3n) is 3.19. The van der Waals surface area contributed by atoms with Crippen molar-refractivity contribution in [2.45, 2.75) is 26.9 Å². The lowest BCUT2D eigenvalue weighted by Gasteiger charge is -2.19. The van der Waals surface area contributed by atoms with Crippen LogP contribution in [0.25, 0.3) is 0 Å². The van der Waals surface area contributed by atoms with E-state index in [-0.39, 0.29) is 6.10 Å². The third-order valence-corrected chi connectivity index (χ3v) is 3.19. The number of benzene rings is 2. The molecular weight excluding hydrogens is 232 g/mol. The first-order chi connectivity index (χ1) is 9.11. The summed E-state index contributed by atoms with van der Waals surface area (Å²) >= 11 is 0. The molecule has 0 spiro atoms. The highest BCUT2D eigenvalue weighted by molar-refractivity contribution is 5.43. The van der Waals surface area contributed by atoms with Crippen LogP contribution in [-0.2, 0) is 0 Å². The zero-order chi connectivity index (χ0) is 13.8. The quantitative estimate of drug-likeness (QED) is 0.702. The normalized spacial score (nSPS) is 11.9. The molecule has 0 aliphatic rings. The molecule has 0 bridgehead atoms. The van der Waals surface area contributed by atoms with Crippen LogP contribution < -0.4 is 4.74 Å². The van der Waals surface area contributed by atoms with Crippen LogP contribution >= 0.6 is 0 Å². The second-order valence-electron chi connectivity index (χ2n) is 4.91. The smallest absolute Gasteiger partial charge is 0.142 e. The summed E-state index contributed by atoms with van der Waals surface area (Å²) in [4.78, 5) is 0. The van der Waals surface area contributed by atoms with Crippen molar-refractivity contribution in [1.29, 1.82) is 0 Å². The fraction of sp³-hybridized carbons (Fsp3) is 0.222. The lowest BCUT2D eigenvalue weighted by Crippen LogP contribution is -2.06. The van der Waals surface area contributed by atoms with Crippen LogP contribution in [-0.4, -0.2) is 0 Å². The third kappa shape index (κ3) is 3.05. The predicted molar refractivity (Wildman–Crippen MR) is 80.7 cm³/mol. The van der Waals surface area contributed by atoms with Crippen LogP contribution in [0.5, 0.6) is 5.75 Å². The highest BCUT2D eigenvalue weighted by Crippen LogP contribution is 2.30. The molecule has 0 heterocycles. The maximum absolute atomic E-state index is 6.15. The summed E-state index contributed by atoms with van der Waals surface area (Å²) in [6.45, 7) is 10.2. The molecule has 0 saturated carbocycles. The molecular formula is C18H20O. The first-order valence-corrected chi connectivity index (χ1v) is 6.54. The fourth-order valence-electron chi connectivity index (χ4n) is 2.37. The van der Waals surface area contributed by atoms with Gasteiger partial charge in [0.05, 0.1) is 0 Å². The molecule has 1 heteroatoms. The molecule has 19 heavy (non-hydrogen) atoms. The molecule has 0 N–H and O–H groups in total. The van der Waals surface area contributed by atoms with Crippen LogP contribution in [0.4, 0.5) is 0 Å². The average Bonchev–Trinajstić information content (AvgIpc) is 2.39. The number of hydrogen-bond acceptors (Lipinski definition) is 1. The first kappa shape index (κ1) is 13.4. The maximum atomic E-state index is 6.15. The summed E-state index contributed by atoms with van der Waals surface area (Å²) in [7, 11) is 0. The Bertz CT molecular complexity index is 546. The highest BCUT2D eigenvalue weighted by Gasteiger charge is 2.12.